The summed E-state index contributed by atoms with van der Waals surface area (Å²) in [7, 11) is 0. The molecule has 0 aromatic heterocycles. The van der Waals surface area contributed by atoms with E-state index in [-0.39, 0.29) is 17.2 Å². The minimum Gasteiger partial charge on any atom is -0.479 e. The Morgan fingerprint density at radius 3 is 2.79 bits per heavy atom. The highest BCUT2D eigenvalue weighted by molar-refractivity contribution is 6.07. The van der Waals surface area contributed by atoms with Crippen LogP contribution in [0.3, 0.4) is 0 Å². The molecule has 0 spiro atoms. The third kappa shape index (κ3) is 2.89. The van der Waals surface area contributed by atoms with Crippen LogP contribution in [0.25, 0.3) is 0 Å². The van der Waals surface area contributed by atoms with E-state index in [1.807, 2.05) is 0 Å². The van der Waals surface area contributed by atoms with E-state index in [9.17, 15) is 19.7 Å². The lowest BCUT2D eigenvalue weighted by molar-refractivity contribution is -0.385. The van der Waals surface area contributed by atoms with Gasteiger partial charge in [-0.2, -0.15) is 0 Å². The lowest BCUT2D eigenvalue weighted by Crippen LogP contribution is -2.34. The number of anilines is 2. The molecule has 2 amide bonds. The van der Waals surface area contributed by atoms with Crippen molar-refractivity contribution in [3.8, 4) is 5.75 Å². The van der Waals surface area contributed by atoms with Crippen molar-refractivity contribution in [2.24, 2.45) is 0 Å². The Labute approximate surface area is 136 Å². The van der Waals surface area contributed by atoms with Gasteiger partial charge in [0.1, 0.15) is 11.3 Å². The molecule has 0 aliphatic carbocycles. The minimum atomic E-state index is -0.614. The van der Waals surface area contributed by atoms with Crippen LogP contribution < -0.4 is 15.4 Å². The zero-order chi connectivity index (χ0) is 17.3. The largest absolute Gasteiger partial charge is 0.479 e. The highest BCUT2D eigenvalue weighted by Gasteiger charge is 2.24. The molecule has 2 aromatic carbocycles. The SMILES string of the molecule is CC1Oc2ccc(NC(=O)c3ccccc3[N+](=O)[O-])cc2NC1=O. The first-order valence-corrected chi connectivity index (χ1v) is 7.12. The molecule has 1 atom stereocenters. The van der Waals surface area contributed by atoms with Crippen molar-refractivity contribution in [1.82, 2.24) is 0 Å². The molecular formula is C16H13N3O5. The zero-order valence-corrected chi connectivity index (χ0v) is 12.6. The Balaban J connectivity index is 1.85. The molecule has 8 nitrogen and oxygen atoms in total. The van der Waals surface area contributed by atoms with Gasteiger partial charge in [-0.25, -0.2) is 0 Å². The zero-order valence-electron chi connectivity index (χ0n) is 12.6. The molecule has 0 radical (unpaired) electrons. The van der Waals surface area contributed by atoms with Gasteiger partial charge in [-0.15, -0.1) is 0 Å². The van der Waals surface area contributed by atoms with Crippen molar-refractivity contribution in [1.29, 1.82) is 0 Å². The minimum absolute atomic E-state index is 0.0471. The number of carbonyl (C=O) groups is 2. The number of rotatable bonds is 3. The summed E-state index contributed by atoms with van der Waals surface area (Å²) in [5.41, 5.74) is 0.487. The van der Waals surface area contributed by atoms with E-state index in [0.717, 1.165) is 0 Å². The molecule has 1 aliphatic rings. The molecule has 2 aromatic rings. The van der Waals surface area contributed by atoms with Gasteiger partial charge in [0.15, 0.2) is 6.10 Å². The van der Waals surface area contributed by atoms with Crippen molar-refractivity contribution in [3.63, 3.8) is 0 Å². The number of hydrogen-bond acceptors (Lipinski definition) is 5. The Bertz CT molecular complexity index is 849. The van der Waals surface area contributed by atoms with Gasteiger partial charge in [0, 0.05) is 11.8 Å². The summed E-state index contributed by atoms with van der Waals surface area (Å²) in [6, 6.07) is 10.4. The van der Waals surface area contributed by atoms with E-state index >= 15 is 0 Å². The molecule has 3 rings (SSSR count). The van der Waals surface area contributed by atoms with Crippen molar-refractivity contribution in [2.45, 2.75) is 13.0 Å². The number of nitro groups is 1. The third-order valence-corrected chi connectivity index (χ3v) is 3.51. The number of benzene rings is 2. The number of nitro benzene ring substituents is 1. The maximum atomic E-state index is 12.3. The summed E-state index contributed by atoms with van der Waals surface area (Å²) < 4.78 is 5.43. The van der Waals surface area contributed by atoms with E-state index in [1.165, 1.54) is 24.3 Å². The fourth-order valence-electron chi connectivity index (χ4n) is 2.31. The van der Waals surface area contributed by atoms with Gasteiger partial charge in [-0.05, 0) is 31.2 Å². The summed E-state index contributed by atoms with van der Waals surface area (Å²) in [6.07, 6.45) is -0.593. The molecule has 122 valence electrons. The summed E-state index contributed by atoms with van der Waals surface area (Å²) in [6.45, 7) is 1.63. The number of hydrogen-bond donors (Lipinski definition) is 2. The first kappa shape index (κ1) is 15.5. The lowest BCUT2D eigenvalue weighted by Gasteiger charge is -2.23. The maximum Gasteiger partial charge on any atom is 0.282 e. The van der Waals surface area contributed by atoms with Crippen molar-refractivity contribution >= 4 is 28.9 Å². The van der Waals surface area contributed by atoms with E-state index in [4.69, 9.17) is 4.74 Å². The standard InChI is InChI=1S/C16H13N3O5/c1-9-15(20)18-12-8-10(6-7-14(12)24-9)17-16(21)11-4-2-3-5-13(11)19(22)23/h2-9H,1H3,(H,17,21)(H,18,20). The smallest absolute Gasteiger partial charge is 0.282 e. The monoisotopic (exact) mass is 327 g/mol. The summed E-state index contributed by atoms with van der Waals surface area (Å²) in [5, 5.41) is 16.2. The first-order valence-electron chi connectivity index (χ1n) is 7.12. The van der Waals surface area contributed by atoms with Crippen molar-refractivity contribution < 1.29 is 19.2 Å². The molecule has 0 saturated carbocycles. The Morgan fingerprint density at radius 1 is 1.29 bits per heavy atom. The van der Waals surface area contributed by atoms with Crippen LogP contribution in [0.15, 0.2) is 42.5 Å². The van der Waals surface area contributed by atoms with Gasteiger partial charge in [0.2, 0.25) is 0 Å². The molecule has 1 aliphatic heterocycles. The average Bonchev–Trinajstić information content (AvgIpc) is 2.56. The Hall–Kier alpha value is -3.42. The number of amides is 2. The third-order valence-electron chi connectivity index (χ3n) is 3.51. The Kier molecular flexibility index (Phi) is 3.87. The van der Waals surface area contributed by atoms with Crippen LogP contribution in [-0.4, -0.2) is 22.8 Å². The van der Waals surface area contributed by atoms with Crippen LogP contribution in [0.5, 0.6) is 5.75 Å². The second kappa shape index (κ2) is 5.99. The van der Waals surface area contributed by atoms with Crippen LogP contribution in [0.2, 0.25) is 0 Å². The molecule has 8 heteroatoms. The first-order chi connectivity index (χ1) is 11.5. The molecule has 24 heavy (non-hydrogen) atoms. The average molecular weight is 327 g/mol. The van der Waals surface area contributed by atoms with E-state index < -0.39 is 16.9 Å². The second-order valence-electron chi connectivity index (χ2n) is 5.19. The highest BCUT2D eigenvalue weighted by Crippen LogP contribution is 2.32. The summed E-state index contributed by atoms with van der Waals surface area (Å²) in [4.78, 5) is 34.3. The fraction of sp³-hybridized carbons (Fsp3) is 0.125. The fourth-order valence-corrected chi connectivity index (χ4v) is 2.31. The van der Waals surface area contributed by atoms with Crippen LogP contribution in [0.4, 0.5) is 17.1 Å². The van der Waals surface area contributed by atoms with Crippen molar-refractivity contribution in [3.05, 3.63) is 58.1 Å². The molecule has 1 unspecified atom stereocenters. The second-order valence-corrected chi connectivity index (χ2v) is 5.19. The van der Waals surface area contributed by atoms with E-state index in [2.05, 4.69) is 10.6 Å². The predicted molar refractivity (Wildman–Crippen MR) is 86.2 cm³/mol. The number of nitrogens with one attached hydrogen (secondary N) is 2. The number of ether oxygens (including phenoxy) is 1. The molecule has 0 saturated heterocycles. The normalized spacial score (nSPS) is 15.7. The molecular weight excluding hydrogens is 314 g/mol. The van der Waals surface area contributed by atoms with Gasteiger partial charge in [-0.1, -0.05) is 12.1 Å². The predicted octanol–water partition coefficient (Wildman–Crippen LogP) is 2.57. The van der Waals surface area contributed by atoms with Crippen LogP contribution in [0, 0.1) is 10.1 Å². The van der Waals surface area contributed by atoms with E-state index in [1.54, 1.807) is 25.1 Å². The number of carbonyl (C=O) groups excluding carboxylic acids is 2. The van der Waals surface area contributed by atoms with Gasteiger partial charge < -0.3 is 15.4 Å². The van der Waals surface area contributed by atoms with Crippen LogP contribution >= 0.6 is 0 Å². The van der Waals surface area contributed by atoms with Gasteiger partial charge >= 0.3 is 0 Å². The van der Waals surface area contributed by atoms with Gasteiger partial charge in [-0.3, -0.25) is 19.7 Å². The van der Waals surface area contributed by atoms with Crippen molar-refractivity contribution in [2.75, 3.05) is 10.6 Å². The number of para-hydroxylation sites is 1. The Morgan fingerprint density at radius 2 is 2.04 bits per heavy atom. The topological polar surface area (TPSA) is 111 Å². The lowest BCUT2D eigenvalue weighted by atomic mass is 10.1. The van der Waals surface area contributed by atoms with E-state index in [0.29, 0.717) is 17.1 Å². The maximum absolute atomic E-state index is 12.3. The quantitative estimate of drug-likeness (QED) is 0.665. The van der Waals surface area contributed by atoms with Crippen LogP contribution in [0.1, 0.15) is 17.3 Å². The molecule has 1 heterocycles. The summed E-state index contributed by atoms with van der Waals surface area (Å²) in [5.74, 6) is -0.408. The number of fused-ring (bicyclic) bond motifs is 1. The summed E-state index contributed by atoms with van der Waals surface area (Å²) >= 11 is 0. The number of nitrogens with zero attached hydrogens (tertiary/aromatic N) is 1. The van der Waals surface area contributed by atoms with Crippen LogP contribution in [-0.2, 0) is 4.79 Å². The molecule has 2 N–H and O–H groups in total. The van der Waals surface area contributed by atoms with Gasteiger partial charge in [0.05, 0.1) is 10.6 Å². The highest BCUT2D eigenvalue weighted by atomic mass is 16.6. The van der Waals surface area contributed by atoms with Gasteiger partial charge in [0.25, 0.3) is 17.5 Å². The molecule has 0 bridgehead atoms. The molecule has 0 fully saturated rings.